The van der Waals surface area contributed by atoms with Crippen molar-refractivity contribution in [3.63, 3.8) is 0 Å². The summed E-state index contributed by atoms with van der Waals surface area (Å²) in [5.74, 6) is -1.08. The largest absolute Gasteiger partial charge is 0.390 e. The quantitative estimate of drug-likeness (QED) is 0.778. The van der Waals surface area contributed by atoms with E-state index >= 15 is 0 Å². The number of aliphatic hydroxyl groups is 1. The van der Waals surface area contributed by atoms with Crippen molar-refractivity contribution >= 4 is 0 Å². The maximum absolute atomic E-state index is 13.0. The molecule has 0 bridgehead atoms. The molecule has 0 aliphatic rings. The Labute approximate surface area is 78.4 Å². The second-order valence-corrected chi connectivity index (χ2v) is 2.62. The molecule has 0 spiro atoms. The van der Waals surface area contributed by atoms with E-state index in [2.05, 4.69) is 4.98 Å². The molecule has 6 heteroatoms. The minimum Gasteiger partial charge on any atom is -0.390 e. The van der Waals surface area contributed by atoms with Crippen molar-refractivity contribution in [3.8, 4) is 0 Å². The zero-order chi connectivity index (χ0) is 10.7. The van der Waals surface area contributed by atoms with Crippen LogP contribution in [-0.2, 0) is 13.2 Å². The lowest BCUT2D eigenvalue weighted by molar-refractivity contribution is 0.144. The smallest absolute Gasteiger partial charge is 0.268 e. The van der Waals surface area contributed by atoms with Gasteiger partial charge in [-0.2, -0.15) is 0 Å². The highest BCUT2D eigenvalue weighted by atomic mass is 19.3. The standard InChI is InChI=1S/C8H9F3N2O/c9-5-1-4(3-14)13-6(2-12)7(5)8(10)11/h1,8,14H,2-3,12H2. The Kier molecular flexibility index (Phi) is 3.43. The van der Waals surface area contributed by atoms with Gasteiger partial charge in [0.15, 0.2) is 0 Å². The van der Waals surface area contributed by atoms with Crippen LogP contribution < -0.4 is 5.73 Å². The van der Waals surface area contributed by atoms with Crippen LogP contribution in [0.1, 0.15) is 23.4 Å². The van der Waals surface area contributed by atoms with Crippen molar-refractivity contribution in [1.82, 2.24) is 4.98 Å². The van der Waals surface area contributed by atoms with Gasteiger partial charge in [-0.3, -0.25) is 4.98 Å². The van der Waals surface area contributed by atoms with Crippen LogP contribution in [0.3, 0.4) is 0 Å². The van der Waals surface area contributed by atoms with Crippen LogP contribution in [0, 0.1) is 5.82 Å². The van der Waals surface area contributed by atoms with E-state index in [9.17, 15) is 13.2 Å². The van der Waals surface area contributed by atoms with E-state index in [0.29, 0.717) is 0 Å². The molecule has 0 fully saturated rings. The predicted octanol–water partition coefficient (Wildman–Crippen LogP) is 1.11. The number of nitrogens with zero attached hydrogens (tertiary/aromatic N) is 1. The molecule has 0 atom stereocenters. The van der Waals surface area contributed by atoms with Gasteiger partial charge in [0.2, 0.25) is 0 Å². The van der Waals surface area contributed by atoms with Gasteiger partial charge in [0, 0.05) is 6.54 Å². The molecular weight excluding hydrogens is 197 g/mol. The normalized spacial score (nSPS) is 11.0. The molecule has 1 aromatic rings. The summed E-state index contributed by atoms with van der Waals surface area (Å²) in [5, 5.41) is 8.65. The van der Waals surface area contributed by atoms with Crippen LogP contribution in [0.2, 0.25) is 0 Å². The fourth-order valence-electron chi connectivity index (χ4n) is 1.09. The number of pyridine rings is 1. The third-order valence-corrected chi connectivity index (χ3v) is 1.71. The highest BCUT2D eigenvalue weighted by molar-refractivity contribution is 5.26. The molecule has 14 heavy (non-hydrogen) atoms. The molecule has 1 heterocycles. The number of hydrogen-bond acceptors (Lipinski definition) is 3. The third-order valence-electron chi connectivity index (χ3n) is 1.71. The van der Waals surface area contributed by atoms with Gasteiger partial charge in [0.25, 0.3) is 6.43 Å². The highest BCUT2D eigenvalue weighted by Crippen LogP contribution is 2.25. The summed E-state index contributed by atoms with van der Waals surface area (Å²) >= 11 is 0. The molecule has 3 nitrogen and oxygen atoms in total. The zero-order valence-corrected chi connectivity index (χ0v) is 7.17. The van der Waals surface area contributed by atoms with Crippen molar-refractivity contribution in [2.24, 2.45) is 5.73 Å². The average Bonchev–Trinajstić information content (AvgIpc) is 2.15. The number of aliphatic hydroxyl groups excluding tert-OH is 1. The summed E-state index contributed by atoms with van der Waals surface area (Å²) in [7, 11) is 0. The summed E-state index contributed by atoms with van der Waals surface area (Å²) in [6, 6.07) is 0.778. The first-order valence-corrected chi connectivity index (χ1v) is 3.87. The first kappa shape index (κ1) is 10.9. The fraction of sp³-hybridized carbons (Fsp3) is 0.375. The average molecular weight is 206 g/mol. The molecule has 78 valence electrons. The van der Waals surface area contributed by atoms with E-state index in [1.807, 2.05) is 0 Å². The topological polar surface area (TPSA) is 59.1 Å². The Hall–Kier alpha value is -1.14. The summed E-state index contributed by atoms with van der Waals surface area (Å²) in [4.78, 5) is 3.60. The molecule has 0 aromatic carbocycles. The predicted molar refractivity (Wildman–Crippen MR) is 43.0 cm³/mol. The molecule has 0 radical (unpaired) electrons. The number of halogens is 3. The summed E-state index contributed by atoms with van der Waals surface area (Å²) < 4.78 is 37.7. The van der Waals surface area contributed by atoms with Gasteiger partial charge >= 0.3 is 0 Å². The molecule has 3 N–H and O–H groups in total. The van der Waals surface area contributed by atoms with Gasteiger partial charge < -0.3 is 10.8 Å². The molecule has 1 aromatic heterocycles. The Bertz CT molecular complexity index is 331. The summed E-state index contributed by atoms with van der Waals surface area (Å²) in [5.41, 5.74) is 4.12. The molecule has 0 saturated heterocycles. The first-order valence-electron chi connectivity index (χ1n) is 3.87. The van der Waals surface area contributed by atoms with Crippen molar-refractivity contribution in [2.45, 2.75) is 19.6 Å². The van der Waals surface area contributed by atoms with Gasteiger partial charge in [-0.05, 0) is 6.07 Å². The number of rotatable bonds is 3. The van der Waals surface area contributed by atoms with E-state index in [-0.39, 0.29) is 17.9 Å². The van der Waals surface area contributed by atoms with Crippen LogP contribution >= 0.6 is 0 Å². The van der Waals surface area contributed by atoms with Crippen LogP contribution in [0.4, 0.5) is 13.2 Å². The number of alkyl halides is 2. The molecule has 0 amide bonds. The summed E-state index contributed by atoms with van der Waals surface area (Å²) in [6.07, 6.45) is -2.95. The Morgan fingerprint density at radius 2 is 2.14 bits per heavy atom. The van der Waals surface area contributed by atoms with Gasteiger partial charge in [0.1, 0.15) is 5.82 Å². The molecule has 0 unspecified atom stereocenters. The van der Waals surface area contributed by atoms with Crippen molar-refractivity contribution in [1.29, 1.82) is 0 Å². The lowest BCUT2D eigenvalue weighted by atomic mass is 10.1. The van der Waals surface area contributed by atoms with Gasteiger partial charge in [-0.25, -0.2) is 13.2 Å². The third kappa shape index (κ3) is 2.02. The molecule has 0 aliphatic carbocycles. The summed E-state index contributed by atoms with van der Waals surface area (Å²) in [6.45, 7) is -0.794. The van der Waals surface area contributed by atoms with Gasteiger partial charge in [-0.1, -0.05) is 0 Å². The van der Waals surface area contributed by atoms with Crippen molar-refractivity contribution in [3.05, 3.63) is 28.8 Å². The van der Waals surface area contributed by atoms with E-state index in [0.717, 1.165) is 6.07 Å². The van der Waals surface area contributed by atoms with Gasteiger partial charge in [0.05, 0.1) is 23.6 Å². The van der Waals surface area contributed by atoms with E-state index in [1.54, 1.807) is 0 Å². The van der Waals surface area contributed by atoms with Crippen LogP contribution in [0.5, 0.6) is 0 Å². The van der Waals surface area contributed by atoms with Crippen molar-refractivity contribution in [2.75, 3.05) is 0 Å². The van der Waals surface area contributed by atoms with E-state index in [1.165, 1.54) is 0 Å². The minimum atomic E-state index is -2.95. The second kappa shape index (κ2) is 4.39. The number of hydrogen-bond donors (Lipinski definition) is 2. The van der Waals surface area contributed by atoms with Crippen LogP contribution in [0.25, 0.3) is 0 Å². The second-order valence-electron chi connectivity index (χ2n) is 2.62. The highest BCUT2D eigenvalue weighted by Gasteiger charge is 2.19. The molecular formula is C8H9F3N2O. The van der Waals surface area contributed by atoms with Crippen molar-refractivity contribution < 1.29 is 18.3 Å². The monoisotopic (exact) mass is 206 g/mol. The maximum Gasteiger partial charge on any atom is 0.268 e. The Morgan fingerprint density at radius 1 is 1.50 bits per heavy atom. The lowest BCUT2D eigenvalue weighted by Gasteiger charge is -2.08. The van der Waals surface area contributed by atoms with E-state index < -0.39 is 24.4 Å². The Morgan fingerprint density at radius 3 is 2.57 bits per heavy atom. The molecule has 0 aliphatic heterocycles. The number of aromatic nitrogens is 1. The number of nitrogens with two attached hydrogens (primary N) is 1. The van der Waals surface area contributed by atoms with Crippen LogP contribution in [0.15, 0.2) is 6.07 Å². The van der Waals surface area contributed by atoms with Gasteiger partial charge in [-0.15, -0.1) is 0 Å². The first-order chi connectivity index (χ1) is 6.60. The Balaban J connectivity index is 3.27. The fourth-order valence-corrected chi connectivity index (χ4v) is 1.09. The molecule has 1 rings (SSSR count). The minimum absolute atomic E-state index is 0.00708. The molecule has 0 saturated carbocycles. The lowest BCUT2D eigenvalue weighted by Crippen LogP contribution is -2.09. The maximum atomic E-state index is 13.0. The SMILES string of the molecule is NCc1nc(CO)cc(F)c1C(F)F. The van der Waals surface area contributed by atoms with Crippen LogP contribution in [-0.4, -0.2) is 10.1 Å². The zero-order valence-electron chi connectivity index (χ0n) is 7.17. The van der Waals surface area contributed by atoms with E-state index in [4.69, 9.17) is 10.8 Å².